The van der Waals surface area contributed by atoms with Crippen LogP contribution >= 0.6 is 11.6 Å². The van der Waals surface area contributed by atoms with E-state index < -0.39 is 0 Å². The first-order valence-corrected chi connectivity index (χ1v) is 5.98. The van der Waals surface area contributed by atoms with Gasteiger partial charge in [0.05, 0.1) is 22.3 Å². The lowest BCUT2D eigenvalue weighted by atomic mass is 10.1. The monoisotopic (exact) mass is 236 g/mol. The summed E-state index contributed by atoms with van der Waals surface area (Å²) in [6.07, 6.45) is 1.07. The van der Waals surface area contributed by atoms with Crippen molar-refractivity contribution in [2.75, 3.05) is 11.4 Å². The second-order valence-electron chi connectivity index (χ2n) is 3.82. The summed E-state index contributed by atoms with van der Waals surface area (Å²) in [6.45, 7) is 7.37. The highest BCUT2D eigenvalue weighted by molar-refractivity contribution is 6.33. The molecule has 1 rings (SSSR count). The van der Waals surface area contributed by atoms with Gasteiger partial charge in [-0.2, -0.15) is 5.26 Å². The minimum Gasteiger partial charge on any atom is -0.368 e. The molecular weight excluding hydrogens is 220 g/mol. The van der Waals surface area contributed by atoms with Crippen molar-refractivity contribution in [3.63, 3.8) is 0 Å². The molecule has 2 nitrogen and oxygen atoms in total. The molecule has 0 saturated heterocycles. The highest BCUT2D eigenvalue weighted by Gasteiger charge is 2.14. The average Bonchev–Trinajstić information content (AvgIpc) is 2.31. The van der Waals surface area contributed by atoms with E-state index in [1.54, 1.807) is 6.07 Å². The minimum atomic E-state index is 0.454. The van der Waals surface area contributed by atoms with Gasteiger partial charge >= 0.3 is 0 Å². The van der Waals surface area contributed by atoms with Crippen molar-refractivity contribution in [2.24, 2.45) is 0 Å². The van der Waals surface area contributed by atoms with Crippen LogP contribution in [-0.4, -0.2) is 12.6 Å². The van der Waals surface area contributed by atoms with E-state index >= 15 is 0 Å². The second-order valence-corrected chi connectivity index (χ2v) is 4.23. The molecule has 1 aromatic rings. The predicted molar refractivity (Wildman–Crippen MR) is 68.9 cm³/mol. The molecule has 1 unspecified atom stereocenters. The van der Waals surface area contributed by atoms with Gasteiger partial charge in [-0.3, -0.25) is 0 Å². The maximum Gasteiger partial charge on any atom is 0.0992 e. The molecule has 0 amide bonds. The fraction of sp³-hybridized carbons (Fsp3) is 0.462. The number of nitrogens with zero attached hydrogens (tertiary/aromatic N) is 2. The Morgan fingerprint density at radius 1 is 1.44 bits per heavy atom. The number of rotatable bonds is 4. The molecule has 0 N–H and O–H groups in total. The Morgan fingerprint density at radius 2 is 2.12 bits per heavy atom. The third-order valence-corrected chi connectivity index (χ3v) is 3.15. The van der Waals surface area contributed by atoms with Gasteiger partial charge in [-0.15, -0.1) is 0 Å². The molecule has 16 heavy (non-hydrogen) atoms. The summed E-state index contributed by atoms with van der Waals surface area (Å²) >= 11 is 6.19. The van der Waals surface area contributed by atoms with Gasteiger partial charge in [0.15, 0.2) is 0 Å². The van der Waals surface area contributed by atoms with Crippen LogP contribution in [-0.2, 0) is 0 Å². The molecule has 1 atom stereocenters. The number of hydrogen-bond acceptors (Lipinski definition) is 2. The first kappa shape index (κ1) is 12.9. The van der Waals surface area contributed by atoms with Crippen LogP contribution in [0.3, 0.4) is 0 Å². The SMILES string of the molecule is CCC(C)N(CC)c1ccc(C#N)cc1Cl. The molecule has 0 aliphatic carbocycles. The quantitative estimate of drug-likeness (QED) is 0.794. The Labute approximate surface area is 102 Å². The molecule has 0 saturated carbocycles. The molecular formula is C13H17ClN2. The molecule has 3 heteroatoms. The Kier molecular flexibility index (Phi) is 4.64. The van der Waals surface area contributed by atoms with Gasteiger partial charge < -0.3 is 4.90 Å². The van der Waals surface area contributed by atoms with E-state index in [0.29, 0.717) is 16.6 Å². The number of nitriles is 1. The van der Waals surface area contributed by atoms with E-state index in [1.807, 2.05) is 12.1 Å². The third-order valence-electron chi connectivity index (χ3n) is 2.85. The molecule has 86 valence electrons. The van der Waals surface area contributed by atoms with E-state index in [1.165, 1.54) is 0 Å². The third kappa shape index (κ3) is 2.68. The van der Waals surface area contributed by atoms with E-state index in [9.17, 15) is 0 Å². The summed E-state index contributed by atoms with van der Waals surface area (Å²) in [5, 5.41) is 9.44. The summed E-state index contributed by atoms with van der Waals surface area (Å²) in [5.74, 6) is 0. The molecule has 0 aliphatic rings. The molecule has 0 aliphatic heterocycles. The number of benzene rings is 1. The summed E-state index contributed by atoms with van der Waals surface area (Å²) in [7, 11) is 0. The van der Waals surface area contributed by atoms with E-state index in [0.717, 1.165) is 18.7 Å². The minimum absolute atomic E-state index is 0.454. The van der Waals surface area contributed by atoms with E-state index in [-0.39, 0.29) is 0 Å². The number of hydrogen-bond donors (Lipinski definition) is 0. The van der Waals surface area contributed by atoms with Crippen molar-refractivity contribution in [3.05, 3.63) is 28.8 Å². The molecule has 0 heterocycles. The summed E-state index contributed by atoms with van der Waals surface area (Å²) in [5.41, 5.74) is 1.62. The van der Waals surface area contributed by atoms with Crippen molar-refractivity contribution >= 4 is 17.3 Å². The van der Waals surface area contributed by atoms with Gasteiger partial charge in [0.25, 0.3) is 0 Å². The Balaban J connectivity index is 3.07. The molecule has 0 aromatic heterocycles. The second kappa shape index (κ2) is 5.77. The van der Waals surface area contributed by atoms with Crippen LogP contribution in [0.25, 0.3) is 0 Å². The molecule has 1 aromatic carbocycles. The molecule has 0 spiro atoms. The highest BCUT2D eigenvalue weighted by Crippen LogP contribution is 2.28. The normalized spacial score (nSPS) is 11.9. The van der Waals surface area contributed by atoms with Gasteiger partial charge in [-0.25, -0.2) is 0 Å². The highest BCUT2D eigenvalue weighted by atomic mass is 35.5. The lowest BCUT2D eigenvalue weighted by Crippen LogP contribution is -2.32. The van der Waals surface area contributed by atoms with Crippen molar-refractivity contribution < 1.29 is 0 Å². The zero-order valence-electron chi connectivity index (χ0n) is 10.00. The summed E-state index contributed by atoms with van der Waals surface area (Å²) < 4.78 is 0. The Hall–Kier alpha value is -1.20. The predicted octanol–water partition coefficient (Wildman–Crippen LogP) is 3.84. The smallest absolute Gasteiger partial charge is 0.0992 e. The van der Waals surface area contributed by atoms with Gasteiger partial charge in [0, 0.05) is 12.6 Å². The summed E-state index contributed by atoms with van der Waals surface area (Å²) in [4.78, 5) is 2.25. The molecule has 0 fully saturated rings. The zero-order valence-corrected chi connectivity index (χ0v) is 10.8. The van der Waals surface area contributed by atoms with Gasteiger partial charge in [0.1, 0.15) is 0 Å². The fourth-order valence-corrected chi connectivity index (χ4v) is 2.04. The van der Waals surface area contributed by atoms with Crippen LogP contribution in [0, 0.1) is 11.3 Å². The number of anilines is 1. The van der Waals surface area contributed by atoms with Crippen LogP contribution in [0.4, 0.5) is 5.69 Å². The van der Waals surface area contributed by atoms with Crippen LogP contribution in [0.5, 0.6) is 0 Å². The first-order valence-electron chi connectivity index (χ1n) is 5.60. The van der Waals surface area contributed by atoms with Crippen LogP contribution in [0.1, 0.15) is 32.8 Å². The largest absolute Gasteiger partial charge is 0.368 e. The standard InChI is InChI=1S/C13H17ClN2/c1-4-10(3)16(5-2)13-7-6-11(9-15)8-12(13)14/h6-8,10H,4-5H2,1-3H3. The zero-order chi connectivity index (χ0) is 12.1. The lowest BCUT2D eigenvalue weighted by molar-refractivity contribution is 0.630. The molecule has 0 bridgehead atoms. The fourth-order valence-electron chi connectivity index (χ4n) is 1.75. The average molecular weight is 237 g/mol. The topological polar surface area (TPSA) is 27.0 Å². The van der Waals surface area contributed by atoms with E-state index in [4.69, 9.17) is 16.9 Å². The summed E-state index contributed by atoms with van der Waals surface area (Å²) in [6, 6.07) is 8.01. The van der Waals surface area contributed by atoms with Gasteiger partial charge in [-0.1, -0.05) is 18.5 Å². The molecule has 0 radical (unpaired) electrons. The van der Waals surface area contributed by atoms with Crippen LogP contribution in [0.15, 0.2) is 18.2 Å². The maximum atomic E-state index is 8.78. The Bertz CT molecular complexity index is 395. The lowest BCUT2D eigenvalue weighted by Gasteiger charge is -2.30. The maximum absolute atomic E-state index is 8.78. The van der Waals surface area contributed by atoms with Crippen molar-refractivity contribution in [3.8, 4) is 6.07 Å². The van der Waals surface area contributed by atoms with Gasteiger partial charge in [-0.05, 0) is 38.5 Å². The van der Waals surface area contributed by atoms with Crippen molar-refractivity contribution in [1.82, 2.24) is 0 Å². The first-order chi connectivity index (χ1) is 7.63. The van der Waals surface area contributed by atoms with Crippen LogP contribution < -0.4 is 4.90 Å². The van der Waals surface area contributed by atoms with Crippen molar-refractivity contribution in [1.29, 1.82) is 5.26 Å². The number of halogens is 1. The van der Waals surface area contributed by atoms with E-state index in [2.05, 4.69) is 31.7 Å². The van der Waals surface area contributed by atoms with Gasteiger partial charge in [0.2, 0.25) is 0 Å². The van der Waals surface area contributed by atoms with Crippen molar-refractivity contribution in [2.45, 2.75) is 33.2 Å². The Morgan fingerprint density at radius 3 is 2.56 bits per heavy atom. The van der Waals surface area contributed by atoms with Crippen LogP contribution in [0.2, 0.25) is 5.02 Å².